The molecule has 0 spiro atoms. The SMILES string of the molecule is CC(=O)CC(N)=NN=N. The highest BCUT2D eigenvalue weighted by molar-refractivity contribution is 5.98. The van der Waals surface area contributed by atoms with Crippen LogP contribution in [0.25, 0.3) is 0 Å². The van der Waals surface area contributed by atoms with Crippen molar-refractivity contribution in [1.82, 2.24) is 0 Å². The Morgan fingerprint density at radius 2 is 2.33 bits per heavy atom. The molecule has 50 valence electrons. The minimum atomic E-state index is -0.0834. The average Bonchev–Trinajstić information content (AvgIpc) is 1.63. The molecule has 0 aliphatic carbocycles. The highest BCUT2D eigenvalue weighted by Gasteiger charge is 1.95. The molecule has 0 unspecified atom stereocenters. The summed E-state index contributed by atoms with van der Waals surface area (Å²) in [6.07, 6.45) is 0.0718. The van der Waals surface area contributed by atoms with Gasteiger partial charge in [-0.1, -0.05) is 5.22 Å². The fraction of sp³-hybridized carbons (Fsp3) is 0.500. The van der Waals surface area contributed by atoms with E-state index >= 15 is 0 Å². The number of nitrogens with two attached hydrogens (primary N) is 1. The molecule has 5 heteroatoms. The van der Waals surface area contributed by atoms with E-state index in [2.05, 4.69) is 10.3 Å². The summed E-state index contributed by atoms with van der Waals surface area (Å²) in [4.78, 5) is 10.3. The molecule has 0 rings (SSSR count). The molecule has 0 bridgehead atoms. The van der Waals surface area contributed by atoms with Gasteiger partial charge in [0.2, 0.25) is 0 Å². The molecule has 3 N–H and O–H groups in total. The van der Waals surface area contributed by atoms with E-state index in [0.29, 0.717) is 0 Å². The Morgan fingerprint density at radius 3 is 2.67 bits per heavy atom. The Balaban J connectivity index is 3.75. The molecule has 0 atom stereocenters. The van der Waals surface area contributed by atoms with Gasteiger partial charge in [-0.3, -0.25) is 4.79 Å². The zero-order chi connectivity index (χ0) is 7.28. The van der Waals surface area contributed by atoms with E-state index in [1.165, 1.54) is 6.92 Å². The number of hydrogen-bond acceptors (Lipinski definition) is 3. The fourth-order valence-corrected chi connectivity index (χ4v) is 0.355. The lowest BCUT2D eigenvalue weighted by Gasteiger charge is -1.89. The van der Waals surface area contributed by atoms with Gasteiger partial charge in [-0.2, -0.15) is 5.53 Å². The number of carbonyl (C=O) groups is 1. The number of Topliss-reactive ketones (excluding diaryl/α,β-unsaturated/α-hetero) is 1. The first-order valence-corrected chi connectivity index (χ1v) is 2.35. The summed E-state index contributed by atoms with van der Waals surface area (Å²) < 4.78 is 0. The van der Waals surface area contributed by atoms with Gasteiger partial charge >= 0.3 is 0 Å². The number of rotatable bonds is 3. The van der Waals surface area contributed by atoms with Gasteiger partial charge in [0.25, 0.3) is 0 Å². The molecule has 0 aromatic carbocycles. The smallest absolute Gasteiger partial charge is 0.137 e. The van der Waals surface area contributed by atoms with Crippen molar-refractivity contribution < 1.29 is 4.79 Å². The molecule has 0 aliphatic rings. The van der Waals surface area contributed by atoms with Crippen LogP contribution >= 0.6 is 0 Å². The second kappa shape index (κ2) is 3.71. The van der Waals surface area contributed by atoms with Crippen molar-refractivity contribution in [2.75, 3.05) is 0 Å². The maximum atomic E-state index is 10.3. The van der Waals surface area contributed by atoms with Crippen LogP contribution in [-0.4, -0.2) is 11.6 Å². The van der Waals surface area contributed by atoms with Crippen molar-refractivity contribution in [3.8, 4) is 0 Å². The summed E-state index contributed by atoms with van der Waals surface area (Å²) in [6, 6.07) is 0. The van der Waals surface area contributed by atoms with E-state index in [4.69, 9.17) is 11.3 Å². The number of hydrogen-bond donors (Lipinski definition) is 2. The van der Waals surface area contributed by atoms with Crippen LogP contribution in [0.2, 0.25) is 0 Å². The molecule has 5 nitrogen and oxygen atoms in total. The van der Waals surface area contributed by atoms with Gasteiger partial charge in [0.1, 0.15) is 11.6 Å². The molecule has 0 heterocycles. The normalized spacial score (nSPS) is 11.0. The highest BCUT2D eigenvalue weighted by atomic mass is 16.1. The summed E-state index contributed by atoms with van der Waals surface area (Å²) in [5.41, 5.74) is 11.3. The van der Waals surface area contributed by atoms with Crippen LogP contribution in [0.5, 0.6) is 0 Å². The maximum absolute atomic E-state index is 10.3. The largest absolute Gasteiger partial charge is 0.385 e. The van der Waals surface area contributed by atoms with Gasteiger partial charge < -0.3 is 5.73 Å². The molecule has 0 amide bonds. The van der Waals surface area contributed by atoms with Crippen LogP contribution < -0.4 is 5.73 Å². The molecule has 0 aliphatic heterocycles. The Morgan fingerprint density at radius 1 is 1.78 bits per heavy atom. The van der Waals surface area contributed by atoms with Crippen molar-refractivity contribution in [2.45, 2.75) is 13.3 Å². The zero-order valence-electron chi connectivity index (χ0n) is 5.09. The summed E-state index contributed by atoms with van der Waals surface area (Å²) in [5.74, 6) is -0.00241. The van der Waals surface area contributed by atoms with Crippen LogP contribution in [0.3, 0.4) is 0 Å². The molecular weight excluding hydrogens is 120 g/mol. The fourth-order valence-electron chi connectivity index (χ4n) is 0.355. The van der Waals surface area contributed by atoms with Crippen molar-refractivity contribution in [3.63, 3.8) is 0 Å². The molecule has 0 saturated heterocycles. The van der Waals surface area contributed by atoms with Gasteiger partial charge in [-0.15, -0.1) is 5.10 Å². The molecular formula is C4H8N4O. The van der Waals surface area contributed by atoms with Crippen LogP contribution in [-0.2, 0) is 4.79 Å². The molecule has 9 heavy (non-hydrogen) atoms. The van der Waals surface area contributed by atoms with Gasteiger partial charge in [0.15, 0.2) is 0 Å². The lowest BCUT2D eigenvalue weighted by molar-refractivity contribution is -0.115. The lowest BCUT2D eigenvalue weighted by Crippen LogP contribution is -2.14. The lowest BCUT2D eigenvalue weighted by atomic mass is 10.3. The van der Waals surface area contributed by atoms with Crippen molar-refractivity contribution in [3.05, 3.63) is 0 Å². The van der Waals surface area contributed by atoms with Crippen molar-refractivity contribution in [2.24, 2.45) is 16.1 Å². The highest BCUT2D eigenvalue weighted by Crippen LogP contribution is 1.82. The summed E-state index contributed by atoms with van der Waals surface area (Å²) in [7, 11) is 0. The summed E-state index contributed by atoms with van der Waals surface area (Å²) >= 11 is 0. The first-order valence-electron chi connectivity index (χ1n) is 2.35. The number of nitrogens with one attached hydrogen (secondary N) is 1. The van der Waals surface area contributed by atoms with Gasteiger partial charge in [-0.05, 0) is 6.92 Å². The second-order valence-electron chi connectivity index (χ2n) is 1.57. The Kier molecular flexibility index (Phi) is 3.19. The minimum absolute atomic E-state index is 0.0718. The van der Waals surface area contributed by atoms with E-state index in [0.717, 1.165) is 0 Å². The Hall–Kier alpha value is -1.26. The standard InChI is InChI=1S/C4H8N4O/c1-3(9)2-4(5)7-8-6/h2H2,1H3,(H3,5,6,7). The van der Waals surface area contributed by atoms with Crippen LogP contribution in [0.15, 0.2) is 10.3 Å². The zero-order valence-corrected chi connectivity index (χ0v) is 5.09. The van der Waals surface area contributed by atoms with E-state index in [1.54, 1.807) is 0 Å². The summed E-state index contributed by atoms with van der Waals surface area (Å²) in [6.45, 7) is 1.40. The monoisotopic (exact) mass is 128 g/mol. The van der Waals surface area contributed by atoms with E-state index in [-0.39, 0.29) is 18.0 Å². The Bertz CT molecular complexity index is 151. The third kappa shape index (κ3) is 4.60. The first-order chi connectivity index (χ1) is 4.16. The topological polar surface area (TPSA) is 91.7 Å². The number of ketones is 1. The summed E-state index contributed by atoms with van der Waals surface area (Å²) in [5, 5.41) is 5.78. The van der Waals surface area contributed by atoms with E-state index < -0.39 is 0 Å². The first kappa shape index (κ1) is 7.74. The van der Waals surface area contributed by atoms with Crippen molar-refractivity contribution in [1.29, 1.82) is 5.53 Å². The Labute approximate surface area is 52.4 Å². The predicted octanol–water partition coefficient (Wildman–Crippen LogP) is 0.269. The maximum Gasteiger partial charge on any atom is 0.137 e. The quantitative estimate of drug-likeness (QED) is 0.247. The number of carbonyl (C=O) groups excluding carboxylic acids is 1. The van der Waals surface area contributed by atoms with Gasteiger partial charge in [0, 0.05) is 0 Å². The molecule has 0 saturated carbocycles. The van der Waals surface area contributed by atoms with Crippen LogP contribution in [0, 0.1) is 5.53 Å². The molecule has 0 aromatic rings. The van der Waals surface area contributed by atoms with Crippen molar-refractivity contribution >= 4 is 11.6 Å². The average molecular weight is 128 g/mol. The number of nitrogens with zero attached hydrogens (tertiary/aromatic N) is 2. The second-order valence-corrected chi connectivity index (χ2v) is 1.57. The third-order valence-electron chi connectivity index (χ3n) is 0.609. The van der Waals surface area contributed by atoms with Gasteiger partial charge in [0.05, 0.1) is 6.42 Å². The number of amidine groups is 1. The minimum Gasteiger partial charge on any atom is -0.385 e. The van der Waals surface area contributed by atoms with Crippen LogP contribution in [0.1, 0.15) is 13.3 Å². The molecule has 0 radical (unpaired) electrons. The predicted molar refractivity (Wildman–Crippen MR) is 32.1 cm³/mol. The van der Waals surface area contributed by atoms with E-state index in [1.807, 2.05) is 0 Å². The molecule has 0 aromatic heterocycles. The van der Waals surface area contributed by atoms with Gasteiger partial charge in [-0.25, -0.2) is 0 Å². The van der Waals surface area contributed by atoms with Crippen LogP contribution in [0.4, 0.5) is 0 Å². The molecule has 0 fully saturated rings. The third-order valence-corrected chi connectivity index (χ3v) is 0.609. The van der Waals surface area contributed by atoms with E-state index in [9.17, 15) is 4.79 Å².